The summed E-state index contributed by atoms with van der Waals surface area (Å²) >= 11 is 0. The Kier molecular flexibility index (Phi) is 7.99. The molecule has 0 aromatic heterocycles. The Labute approximate surface area is 144 Å². The van der Waals surface area contributed by atoms with Crippen LogP contribution in [-0.4, -0.2) is 37.2 Å². The molecule has 0 radical (unpaired) electrons. The van der Waals surface area contributed by atoms with Crippen LogP contribution in [0.4, 0.5) is 0 Å². The van der Waals surface area contributed by atoms with Gasteiger partial charge in [0.1, 0.15) is 6.61 Å². The van der Waals surface area contributed by atoms with Gasteiger partial charge in [-0.15, -0.1) is 0 Å². The quantitative estimate of drug-likeness (QED) is 0.686. The van der Waals surface area contributed by atoms with E-state index in [1.165, 1.54) is 19.3 Å². The summed E-state index contributed by atoms with van der Waals surface area (Å²) in [5, 5.41) is 0. The molecule has 0 spiro atoms. The molecule has 2 rings (SSSR count). The Bertz CT molecular complexity index is 410. The predicted octanol–water partition coefficient (Wildman–Crippen LogP) is 1.89. The number of esters is 2. The predicted molar refractivity (Wildman–Crippen MR) is 91.0 cm³/mol. The lowest BCUT2D eigenvalue weighted by Crippen LogP contribution is -2.40. The lowest BCUT2D eigenvalue weighted by molar-refractivity contribution is -0.153. The minimum atomic E-state index is -0.521. The summed E-state index contributed by atoms with van der Waals surface area (Å²) in [4.78, 5) is 23.9. The molecule has 0 aromatic rings. The lowest BCUT2D eigenvalue weighted by atomic mass is 9.85. The monoisotopic (exact) mass is 340 g/mol. The van der Waals surface area contributed by atoms with E-state index < -0.39 is 6.04 Å². The molecule has 0 saturated heterocycles. The standard InChI is InChI=1S/C18H32N2O4/c19-14(10-17(21)23-11-13-6-2-1-3-7-13)12-24-18(22)15-8-4-5-9-16(15)20/h13-16H,1-12,19-20H2. The second kappa shape index (κ2) is 9.99. The third kappa shape index (κ3) is 6.40. The molecule has 0 heterocycles. The van der Waals surface area contributed by atoms with Crippen molar-refractivity contribution in [3.8, 4) is 0 Å². The number of carbonyl (C=O) groups excluding carboxylic acids is 2. The molecule has 0 bridgehead atoms. The summed E-state index contributed by atoms with van der Waals surface area (Å²) in [6.45, 7) is 0.531. The largest absolute Gasteiger partial charge is 0.465 e. The Balaban J connectivity index is 1.60. The van der Waals surface area contributed by atoms with Crippen molar-refractivity contribution in [3.63, 3.8) is 0 Å². The summed E-state index contributed by atoms with van der Waals surface area (Å²) in [6.07, 6.45) is 9.80. The smallest absolute Gasteiger partial charge is 0.310 e. The molecular weight excluding hydrogens is 308 g/mol. The SMILES string of the molecule is NC(COC(=O)C1CCCCC1N)CC(=O)OCC1CCCCC1. The maximum absolute atomic E-state index is 12.1. The first-order valence-corrected chi connectivity index (χ1v) is 9.39. The van der Waals surface area contributed by atoms with Gasteiger partial charge in [-0.25, -0.2) is 0 Å². The van der Waals surface area contributed by atoms with E-state index in [0.717, 1.165) is 38.5 Å². The van der Waals surface area contributed by atoms with E-state index >= 15 is 0 Å². The molecule has 2 aliphatic rings. The zero-order valence-electron chi connectivity index (χ0n) is 14.6. The molecule has 0 aromatic carbocycles. The zero-order chi connectivity index (χ0) is 17.4. The maximum Gasteiger partial charge on any atom is 0.310 e. The Morgan fingerprint density at radius 2 is 1.62 bits per heavy atom. The molecule has 3 atom stereocenters. The van der Waals surface area contributed by atoms with Crippen LogP contribution in [0.15, 0.2) is 0 Å². The zero-order valence-corrected chi connectivity index (χ0v) is 14.6. The summed E-state index contributed by atoms with van der Waals surface area (Å²) in [7, 11) is 0. The van der Waals surface area contributed by atoms with Gasteiger partial charge in [0.15, 0.2) is 0 Å². The third-order valence-corrected chi connectivity index (χ3v) is 5.20. The van der Waals surface area contributed by atoms with Gasteiger partial charge in [0.05, 0.1) is 18.9 Å². The van der Waals surface area contributed by atoms with Crippen molar-refractivity contribution in [1.29, 1.82) is 0 Å². The maximum atomic E-state index is 12.1. The topological polar surface area (TPSA) is 105 Å². The molecule has 2 aliphatic carbocycles. The third-order valence-electron chi connectivity index (χ3n) is 5.20. The van der Waals surface area contributed by atoms with Crippen LogP contribution in [0.3, 0.4) is 0 Å². The van der Waals surface area contributed by atoms with Crippen LogP contribution in [0.2, 0.25) is 0 Å². The van der Waals surface area contributed by atoms with E-state index in [1.807, 2.05) is 0 Å². The van der Waals surface area contributed by atoms with E-state index in [2.05, 4.69) is 0 Å². The molecule has 6 heteroatoms. The fraction of sp³-hybridized carbons (Fsp3) is 0.889. The molecule has 24 heavy (non-hydrogen) atoms. The molecule has 2 fully saturated rings. The Hall–Kier alpha value is -1.14. The van der Waals surface area contributed by atoms with Crippen LogP contribution in [0, 0.1) is 11.8 Å². The summed E-state index contributed by atoms with van der Waals surface area (Å²) in [6, 6.07) is -0.643. The van der Waals surface area contributed by atoms with E-state index in [4.69, 9.17) is 20.9 Å². The highest BCUT2D eigenvalue weighted by Crippen LogP contribution is 2.25. The average Bonchev–Trinajstić information content (AvgIpc) is 2.59. The fourth-order valence-electron chi connectivity index (χ4n) is 3.64. The second-order valence-electron chi connectivity index (χ2n) is 7.34. The minimum Gasteiger partial charge on any atom is -0.465 e. The van der Waals surface area contributed by atoms with Crippen LogP contribution in [0.1, 0.15) is 64.2 Å². The van der Waals surface area contributed by atoms with Gasteiger partial charge in [-0.1, -0.05) is 32.1 Å². The van der Waals surface area contributed by atoms with Crippen molar-refractivity contribution in [1.82, 2.24) is 0 Å². The first-order chi connectivity index (χ1) is 11.6. The summed E-state index contributed by atoms with van der Waals surface area (Å²) in [5.74, 6) is -0.333. The van der Waals surface area contributed by atoms with E-state index in [1.54, 1.807) is 0 Å². The number of carbonyl (C=O) groups is 2. The normalized spacial score (nSPS) is 26.6. The van der Waals surface area contributed by atoms with Crippen LogP contribution < -0.4 is 11.5 Å². The number of hydrogen-bond donors (Lipinski definition) is 2. The lowest BCUT2D eigenvalue weighted by Gasteiger charge is -2.27. The fourth-order valence-corrected chi connectivity index (χ4v) is 3.64. The molecule has 0 aliphatic heterocycles. The van der Waals surface area contributed by atoms with Crippen molar-refractivity contribution in [2.24, 2.45) is 23.3 Å². The second-order valence-corrected chi connectivity index (χ2v) is 7.34. The van der Waals surface area contributed by atoms with Crippen molar-refractivity contribution in [2.45, 2.75) is 76.3 Å². The summed E-state index contributed by atoms with van der Waals surface area (Å²) < 4.78 is 10.6. The highest BCUT2D eigenvalue weighted by atomic mass is 16.5. The van der Waals surface area contributed by atoms with Crippen molar-refractivity contribution < 1.29 is 19.1 Å². The van der Waals surface area contributed by atoms with Crippen molar-refractivity contribution in [3.05, 3.63) is 0 Å². The molecule has 2 saturated carbocycles. The summed E-state index contributed by atoms with van der Waals surface area (Å²) in [5.41, 5.74) is 11.9. The van der Waals surface area contributed by atoms with E-state index in [0.29, 0.717) is 12.5 Å². The molecule has 0 amide bonds. The van der Waals surface area contributed by atoms with Gasteiger partial charge in [0.25, 0.3) is 0 Å². The highest BCUT2D eigenvalue weighted by Gasteiger charge is 2.30. The van der Waals surface area contributed by atoms with Gasteiger partial charge in [0.2, 0.25) is 0 Å². The molecular formula is C18H32N2O4. The molecule has 138 valence electrons. The van der Waals surface area contributed by atoms with Crippen molar-refractivity contribution >= 4 is 11.9 Å². The number of nitrogens with two attached hydrogens (primary N) is 2. The Morgan fingerprint density at radius 3 is 2.33 bits per heavy atom. The van der Waals surface area contributed by atoms with E-state index in [-0.39, 0.29) is 36.9 Å². The Morgan fingerprint density at radius 1 is 0.958 bits per heavy atom. The van der Waals surface area contributed by atoms with Gasteiger partial charge in [0, 0.05) is 12.1 Å². The molecule has 4 N–H and O–H groups in total. The molecule has 3 unspecified atom stereocenters. The van der Waals surface area contributed by atoms with E-state index in [9.17, 15) is 9.59 Å². The first kappa shape index (κ1) is 19.2. The van der Waals surface area contributed by atoms with Crippen molar-refractivity contribution in [2.75, 3.05) is 13.2 Å². The van der Waals surface area contributed by atoms with Crippen LogP contribution in [0.25, 0.3) is 0 Å². The van der Waals surface area contributed by atoms with Gasteiger partial charge in [-0.05, 0) is 31.6 Å². The van der Waals surface area contributed by atoms with Gasteiger partial charge in [-0.3, -0.25) is 9.59 Å². The highest BCUT2D eigenvalue weighted by molar-refractivity contribution is 5.73. The molecule has 6 nitrogen and oxygen atoms in total. The first-order valence-electron chi connectivity index (χ1n) is 9.39. The number of ether oxygens (including phenoxy) is 2. The van der Waals surface area contributed by atoms with Crippen LogP contribution >= 0.6 is 0 Å². The van der Waals surface area contributed by atoms with Gasteiger partial charge in [-0.2, -0.15) is 0 Å². The minimum absolute atomic E-state index is 0.0422. The van der Waals surface area contributed by atoms with Crippen LogP contribution in [-0.2, 0) is 19.1 Å². The van der Waals surface area contributed by atoms with Crippen LogP contribution in [0.5, 0.6) is 0 Å². The van der Waals surface area contributed by atoms with Gasteiger partial charge >= 0.3 is 11.9 Å². The number of rotatable bonds is 7. The number of hydrogen-bond acceptors (Lipinski definition) is 6. The average molecular weight is 340 g/mol. The van der Waals surface area contributed by atoms with Gasteiger partial charge < -0.3 is 20.9 Å².